The molecule has 0 radical (unpaired) electrons. The van der Waals surface area contributed by atoms with Gasteiger partial charge in [-0.2, -0.15) is 0 Å². The highest BCUT2D eigenvalue weighted by atomic mass is 35.5. The van der Waals surface area contributed by atoms with Gasteiger partial charge in [-0.3, -0.25) is 19.2 Å². The number of carboxylic acid groups (broad SMARTS) is 1. The number of hydroxylamine groups is 1. The van der Waals surface area contributed by atoms with Crippen LogP contribution in [0, 0.1) is 11.8 Å². The van der Waals surface area contributed by atoms with Crippen molar-refractivity contribution in [2.24, 2.45) is 11.8 Å². The van der Waals surface area contributed by atoms with Gasteiger partial charge in [0.05, 0.1) is 25.0 Å². The van der Waals surface area contributed by atoms with Crippen molar-refractivity contribution >= 4 is 41.0 Å². The van der Waals surface area contributed by atoms with Gasteiger partial charge in [0, 0.05) is 27.7 Å². The fourth-order valence-corrected chi connectivity index (χ4v) is 7.15. The van der Waals surface area contributed by atoms with Gasteiger partial charge in [0.2, 0.25) is 0 Å². The molecule has 2 aromatic rings. The number of hydrogen-bond donors (Lipinski definition) is 3. The number of hydrogen-bond acceptors (Lipinski definition) is 5. The topological polar surface area (TPSA) is 108 Å². The summed E-state index contributed by atoms with van der Waals surface area (Å²) >= 11 is 13.1. The maximum Gasteiger partial charge on any atom is 0.307 e. The van der Waals surface area contributed by atoms with Gasteiger partial charge in [-0.15, -0.1) is 0 Å². The Morgan fingerprint density at radius 3 is 2.49 bits per heavy atom. The number of halogens is 2. The largest absolute Gasteiger partial charge is 0.481 e. The zero-order valence-corrected chi connectivity index (χ0v) is 25.8. The summed E-state index contributed by atoms with van der Waals surface area (Å²) < 4.78 is 0. The van der Waals surface area contributed by atoms with E-state index < -0.39 is 17.9 Å². The lowest BCUT2D eigenvalue weighted by Crippen LogP contribution is -2.59. The van der Waals surface area contributed by atoms with E-state index in [1.807, 2.05) is 30.2 Å². The summed E-state index contributed by atoms with van der Waals surface area (Å²) in [5.74, 6) is -1.98. The molecule has 2 aromatic carbocycles. The van der Waals surface area contributed by atoms with Gasteiger partial charge in [-0.05, 0) is 66.6 Å². The Morgan fingerprint density at radius 1 is 1.07 bits per heavy atom. The third-order valence-electron chi connectivity index (χ3n) is 8.70. The second-order valence-electron chi connectivity index (χ2n) is 11.6. The maximum atomic E-state index is 14.4. The lowest BCUT2D eigenvalue weighted by Gasteiger charge is -2.50. The molecule has 0 bridgehead atoms. The first-order chi connectivity index (χ1) is 20.7. The molecule has 1 heterocycles. The molecule has 10 heteroatoms. The molecular weight excluding hydrogens is 589 g/mol. The number of likely N-dealkylation sites (N-methyl/N-ethyl adjacent to an activating group) is 1. The maximum absolute atomic E-state index is 14.4. The van der Waals surface area contributed by atoms with Crippen molar-refractivity contribution in [2.45, 2.75) is 70.2 Å². The van der Waals surface area contributed by atoms with Crippen molar-refractivity contribution < 1.29 is 24.3 Å². The number of nitrogens with zero attached hydrogens (tertiary/aromatic N) is 1. The average molecular weight is 627 g/mol. The van der Waals surface area contributed by atoms with Crippen LogP contribution < -0.4 is 10.8 Å². The molecule has 228 valence electrons. The van der Waals surface area contributed by atoms with Crippen LogP contribution in [-0.2, 0) is 32.2 Å². The number of carbonyl (C=O) groups is 3. The van der Waals surface area contributed by atoms with Crippen LogP contribution in [0.25, 0.3) is 0 Å². The Morgan fingerprint density at radius 2 is 1.79 bits per heavy atom. The number of nitrogens with one attached hydrogen (secondary N) is 2. The number of fused-ring (bicyclic) bond motifs is 1. The fraction of sp³-hybridized carbons (Fsp3) is 0.424. The first kappa shape index (κ1) is 31.3. The minimum atomic E-state index is -0.902. The Labute approximate surface area is 262 Å². The highest BCUT2D eigenvalue weighted by Crippen LogP contribution is 2.49. The van der Waals surface area contributed by atoms with Crippen molar-refractivity contribution in [3.8, 4) is 0 Å². The van der Waals surface area contributed by atoms with E-state index in [1.54, 1.807) is 36.4 Å². The third kappa shape index (κ3) is 6.83. The molecular formula is C33H37Cl2N3O5. The Balaban J connectivity index is 1.50. The summed E-state index contributed by atoms with van der Waals surface area (Å²) in [6.07, 6.45) is 8.42. The predicted molar refractivity (Wildman–Crippen MR) is 165 cm³/mol. The van der Waals surface area contributed by atoms with E-state index in [1.165, 1.54) is 0 Å². The highest BCUT2D eigenvalue weighted by Gasteiger charge is 2.51. The Bertz CT molecular complexity index is 1440. The quantitative estimate of drug-likeness (QED) is 0.304. The lowest BCUT2D eigenvalue weighted by molar-refractivity contribution is -0.146. The van der Waals surface area contributed by atoms with Crippen LogP contribution >= 0.6 is 23.2 Å². The van der Waals surface area contributed by atoms with Crippen molar-refractivity contribution in [1.82, 2.24) is 15.7 Å². The summed E-state index contributed by atoms with van der Waals surface area (Å²) in [5, 5.41) is 13.3. The molecule has 5 atom stereocenters. The van der Waals surface area contributed by atoms with Crippen LogP contribution in [0.1, 0.15) is 61.8 Å². The van der Waals surface area contributed by atoms with E-state index in [-0.39, 0.29) is 42.8 Å². The summed E-state index contributed by atoms with van der Waals surface area (Å²) in [6.45, 7) is 2.15. The molecule has 5 rings (SSSR count). The summed E-state index contributed by atoms with van der Waals surface area (Å²) in [6, 6.07) is 11.5. The molecule has 1 saturated carbocycles. The normalized spacial score (nSPS) is 25.4. The molecule has 3 N–H and O–H groups in total. The molecule has 1 saturated heterocycles. The van der Waals surface area contributed by atoms with E-state index in [0.29, 0.717) is 38.7 Å². The number of rotatable bonds is 9. The van der Waals surface area contributed by atoms with Crippen molar-refractivity contribution in [3.63, 3.8) is 0 Å². The average Bonchev–Trinajstić information content (AvgIpc) is 2.98. The molecule has 43 heavy (non-hydrogen) atoms. The molecule has 2 amide bonds. The number of piperidine rings is 1. The van der Waals surface area contributed by atoms with Gasteiger partial charge in [0.25, 0.3) is 11.8 Å². The summed E-state index contributed by atoms with van der Waals surface area (Å²) in [7, 11) is 1.92. The monoisotopic (exact) mass is 625 g/mol. The molecule has 8 nitrogen and oxygen atoms in total. The molecule has 3 aliphatic rings. The molecule has 1 aliphatic heterocycles. The standard InChI is InChI=1S/C33H37Cl2N3O5/c1-19-7-13-23-25(15-19)33(42)38(28-6-4-3-5-27(28)36-2)31(24-14-12-22(34)17-26(24)35)30(23)32(41)37-43-18-21-10-8-20(9-11-21)16-29(39)40/h8-15,17,19,27-28,30-31,36H,3-7,16,18H2,1-2H3,(H,37,41)(H,39,40)/t19?,27-,28-,30+,31-/m0/s1. The van der Waals surface area contributed by atoms with Gasteiger partial charge in [-0.25, -0.2) is 5.48 Å². The SMILES string of the molecule is CN[C@H]1CCCC[C@@H]1N1C(=O)C2=CC(C)CC=C2[C@@H](C(=O)NOCc2ccc(CC(=O)O)cc2)[C@@H]1c1ccc(Cl)cc1Cl. The minimum Gasteiger partial charge on any atom is -0.481 e. The van der Waals surface area contributed by atoms with Crippen molar-refractivity contribution in [2.75, 3.05) is 7.05 Å². The third-order valence-corrected chi connectivity index (χ3v) is 9.26. The zero-order chi connectivity index (χ0) is 30.7. The van der Waals surface area contributed by atoms with Crippen LogP contribution in [0.3, 0.4) is 0 Å². The number of benzene rings is 2. The second kappa shape index (κ2) is 13.6. The number of aliphatic carboxylic acids is 1. The number of allylic oxidation sites excluding steroid dienone is 2. The van der Waals surface area contributed by atoms with Crippen LogP contribution in [0.15, 0.2) is 65.8 Å². The fourth-order valence-electron chi connectivity index (χ4n) is 6.63. The number of carbonyl (C=O) groups excluding carboxylic acids is 2. The molecule has 2 aliphatic carbocycles. The van der Waals surface area contributed by atoms with Crippen LogP contribution in [0.2, 0.25) is 10.0 Å². The molecule has 2 fully saturated rings. The van der Waals surface area contributed by atoms with Gasteiger partial charge in [0.1, 0.15) is 0 Å². The van der Waals surface area contributed by atoms with Crippen molar-refractivity contribution in [3.05, 3.63) is 92.5 Å². The summed E-state index contributed by atoms with van der Waals surface area (Å²) in [5.41, 5.74) is 6.02. The van der Waals surface area contributed by atoms with Crippen LogP contribution in [-0.4, -0.2) is 46.9 Å². The van der Waals surface area contributed by atoms with Crippen LogP contribution in [0.5, 0.6) is 0 Å². The number of carboxylic acids is 1. The second-order valence-corrected chi connectivity index (χ2v) is 12.5. The van der Waals surface area contributed by atoms with E-state index >= 15 is 0 Å². The number of amides is 2. The molecule has 1 unspecified atom stereocenters. The first-order valence-electron chi connectivity index (χ1n) is 14.8. The number of likely N-dealkylation sites (tertiary alicyclic amines) is 1. The summed E-state index contributed by atoms with van der Waals surface area (Å²) in [4.78, 5) is 47.2. The Hall–Kier alpha value is -3.17. The van der Waals surface area contributed by atoms with E-state index in [4.69, 9.17) is 33.1 Å². The predicted octanol–water partition coefficient (Wildman–Crippen LogP) is 5.79. The highest BCUT2D eigenvalue weighted by molar-refractivity contribution is 6.35. The van der Waals surface area contributed by atoms with Gasteiger partial charge in [0.15, 0.2) is 0 Å². The van der Waals surface area contributed by atoms with Gasteiger partial charge in [-0.1, -0.05) is 85.5 Å². The zero-order valence-electron chi connectivity index (χ0n) is 24.3. The molecule has 0 spiro atoms. The van der Waals surface area contributed by atoms with Crippen LogP contribution in [0.4, 0.5) is 0 Å². The van der Waals surface area contributed by atoms with Gasteiger partial charge >= 0.3 is 5.97 Å². The van der Waals surface area contributed by atoms with Crippen molar-refractivity contribution in [1.29, 1.82) is 0 Å². The van der Waals surface area contributed by atoms with E-state index in [9.17, 15) is 14.4 Å². The lowest BCUT2D eigenvalue weighted by atomic mass is 9.72. The molecule has 0 aromatic heterocycles. The smallest absolute Gasteiger partial charge is 0.307 e. The van der Waals surface area contributed by atoms with E-state index in [2.05, 4.69) is 17.7 Å². The van der Waals surface area contributed by atoms with Gasteiger partial charge < -0.3 is 15.3 Å². The Kier molecular flexibility index (Phi) is 9.92. The minimum absolute atomic E-state index is 0.0671. The first-order valence-corrected chi connectivity index (χ1v) is 15.5. The van der Waals surface area contributed by atoms with E-state index in [0.717, 1.165) is 31.2 Å².